The molecule has 0 spiro atoms. The Morgan fingerprint density at radius 1 is 0.867 bits per heavy atom. The zero-order valence-electron chi connectivity index (χ0n) is 18.3. The van der Waals surface area contributed by atoms with Gasteiger partial charge < -0.3 is 9.64 Å². The number of aryl methyl sites for hydroxylation is 1. The monoisotopic (exact) mass is 404 g/mol. The molecule has 4 rings (SSSR count). The fraction of sp³-hybridized carbons (Fsp3) is 0.269. The molecule has 3 aromatic carbocycles. The van der Waals surface area contributed by atoms with Crippen molar-refractivity contribution in [1.29, 1.82) is 0 Å². The summed E-state index contributed by atoms with van der Waals surface area (Å²) < 4.78 is 18.7. The number of anilines is 1. The third kappa shape index (κ3) is 4.38. The highest BCUT2D eigenvalue weighted by Gasteiger charge is 2.35. The zero-order chi connectivity index (χ0) is 21.7. The van der Waals surface area contributed by atoms with Crippen molar-refractivity contribution in [3.8, 4) is 5.75 Å². The SMILES string of the molecule is CC.COc1ccc(C2N=C(c3ccc(F)cc3)C(C)N2c2ccc(C)cc2)cc1. The molecule has 0 N–H and O–H groups in total. The van der Waals surface area contributed by atoms with E-state index in [4.69, 9.17) is 9.73 Å². The number of rotatable bonds is 4. The highest BCUT2D eigenvalue weighted by molar-refractivity contribution is 6.07. The fourth-order valence-electron chi connectivity index (χ4n) is 3.67. The molecular formula is C26H29FN2O. The number of aliphatic imine (C=N–C) groups is 1. The molecule has 2 unspecified atom stereocenters. The number of hydrogen-bond donors (Lipinski definition) is 0. The van der Waals surface area contributed by atoms with Crippen LogP contribution in [-0.4, -0.2) is 18.9 Å². The average Bonchev–Trinajstić information content (AvgIpc) is 3.13. The first-order valence-corrected chi connectivity index (χ1v) is 10.4. The summed E-state index contributed by atoms with van der Waals surface area (Å²) in [4.78, 5) is 7.36. The Balaban J connectivity index is 0.00000124. The van der Waals surface area contributed by atoms with Gasteiger partial charge >= 0.3 is 0 Å². The van der Waals surface area contributed by atoms with Crippen molar-refractivity contribution in [2.24, 2.45) is 4.99 Å². The largest absolute Gasteiger partial charge is 0.497 e. The molecule has 0 amide bonds. The van der Waals surface area contributed by atoms with Gasteiger partial charge in [0, 0.05) is 5.69 Å². The van der Waals surface area contributed by atoms with Crippen molar-refractivity contribution in [2.45, 2.75) is 39.9 Å². The molecule has 2 atom stereocenters. The molecule has 0 fully saturated rings. The molecule has 4 heteroatoms. The minimum absolute atomic E-state index is 0.0558. The Morgan fingerprint density at radius 3 is 2.03 bits per heavy atom. The number of hydrogen-bond acceptors (Lipinski definition) is 3. The summed E-state index contributed by atoms with van der Waals surface area (Å²) in [6, 6.07) is 23.1. The zero-order valence-corrected chi connectivity index (χ0v) is 18.3. The summed E-state index contributed by atoms with van der Waals surface area (Å²) in [6.07, 6.45) is -0.149. The van der Waals surface area contributed by atoms with Crippen molar-refractivity contribution in [1.82, 2.24) is 0 Å². The van der Waals surface area contributed by atoms with Gasteiger partial charge in [0.1, 0.15) is 17.7 Å². The quantitative estimate of drug-likeness (QED) is 0.491. The lowest BCUT2D eigenvalue weighted by Gasteiger charge is -2.30. The van der Waals surface area contributed by atoms with Crippen LogP contribution in [0.25, 0.3) is 0 Å². The van der Waals surface area contributed by atoms with Crippen LogP contribution in [-0.2, 0) is 0 Å². The van der Waals surface area contributed by atoms with Gasteiger partial charge in [-0.05, 0) is 61.4 Å². The maximum Gasteiger partial charge on any atom is 0.148 e. The first-order valence-electron chi connectivity index (χ1n) is 10.4. The van der Waals surface area contributed by atoms with E-state index in [1.807, 2.05) is 26.0 Å². The predicted molar refractivity (Wildman–Crippen MR) is 123 cm³/mol. The number of nitrogens with zero attached hydrogens (tertiary/aromatic N) is 2. The van der Waals surface area contributed by atoms with Crippen molar-refractivity contribution in [2.75, 3.05) is 12.0 Å². The molecule has 1 aliphatic heterocycles. The third-order valence-electron chi connectivity index (χ3n) is 5.22. The Labute approximate surface area is 178 Å². The molecule has 30 heavy (non-hydrogen) atoms. The van der Waals surface area contributed by atoms with Crippen molar-refractivity contribution < 1.29 is 9.13 Å². The van der Waals surface area contributed by atoms with E-state index in [1.165, 1.54) is 17.7 Å². The summed E-state index contributed by atoms with van der Waals surface area (Å²) in [7, 11) is 1.66. The van der Waals surface area contributed by atoms with Gasteiger partial charge in [-0.3, -0.25) is 4.99 Å². The van der Waals surface area contributed by atoms with Gasteiger partial charge in [0.25, 0.3) is 0 Å². The minimum Gasteiger partial charge on any atom is -0.497 e. The van der Waals surface area contributed by atoms with Gasteiger partial charge in [-0.15, -0.1) is 0 Å². The van der Waals surface area contributed by atoms with Crippen molar-refractivity contribution in [3.63, 3.8) is 0 Å². The topological polar surface area (TPSA) is 24.8 Å². The molecule has 0 saturated heterocycles. The van der Waals surface area contributed by atoms with Crippen molar-refractivity contribution >= 4 is 11.4 Å². The Hall–Kier alpha value is -3.14. The molecule has 0 radical (unpaired) electrons. The number of halogens is 1. The molecule has 1 heterocycles. The van der Waals surface area contributed by atoms with Gasteiger partial charge in [-0.25, -0.2) is 4.39 Å². The second-order valence-electron chi connectivity index (χ2n) is 7.09. The van der Waals surface area contributed by atoms with Crippen LogP contribution < -0.4 is 9.64 Å². The second kappa shape index (κ2) is 9.57. The van der Waals surface area contributed by atoms with Crippen LogP contribution in [0.4, 0.5) is 10.1 Å². The fourth-order valence-corrected chi connectivity index (χ4v) is 3.67. The van der Waals surface area contributed by atoms with Gasteiger partial charge in [0.05, 0.1) is 18.9 Å². The van der Waals surface area contributed by atoms with Crippen LogP contribution in [0.1, 0.15) is 43.6 Å². The second-order valence-corrected chi connectivity index (χ2v) is 7.09. The summed E-state index contributed by atoms with van der Waals surface area (Å²) in [5.74, 6) is 0.580. The van der Waals surface area contributed by atoms with Crippen LogP contribution in [0, 0.1) is 12.7 Å². The van der Waals surface area contributed by atoms with E-state index in [0.29, 0.717) is 0 Å². The lowest BCUT2D eigenvalue weighted by molar-refractivity contribution is 0.414. The van der Waals surface area contributed by atoms with Crippen LogP contribution >= 0.6 is 0 Å². The average molecular weight is 405 g/mol. The molecule has 0 aromatic heterocycles. The first-order chi connectivity index (χ1) is 14.6. The number of ether oxygens (including phenoxy) is 1. The summed E-state index contributed by atoms with van der Waals surface area (Å²) in [5.41, 5.74) is 5.32. The van der Waals surface area contributed by atoms with E-state index >= 15 is 0 Å². The van der Waals surface area contributed by atoms with Crippen LogP contribution in [0.15, 0.2) is 77.8 Å². The van der Waals surface area contributed by atoms with E-state index in [1.54, 1.807) is 19.2 Å². The van der Waals surface area contributed by atoms with Crippen LogP contribution in [0.2, 0.25) is 0 Å². The Bertz CT molecular complexity index is 979. The van der Waals surface area contributed by atoms with E-state index in [9.17, 15) is 4.39 Å². The Morgan fingerprint density at radius 2 is 1.47 bits per heavy atom. The summed E-state index contributed by atoms with van der Waals surface area (Å²) >= 11 is 0. The highest BCUT2D eigenvalue weighted by Crippen LogP contribution is 2.37. The molecule has 1 aliphatic rings. The van der Waals surface area contributed by atoms with E-state index in [-0.39, 0.29) is 18.0 Å². The predicted octanol–water partition coefficient (Wildman–Crippen LogP) is 6.57. The van der Waals surface area contributed by atoms with Gasteiger partial charge in [-0.1, -0.05) is 55.8 Å². The first kappa shape index (κ1) is 21.6. The Kier molecular flexibility index (Phi) is 6.88. The highest BCUT2D eigenvalue weighted by atomic mass is 19.1. The number of methoxy groups -OCH3 is 1. The molecule has 3 nitrogen and oxygen atoms in total. The molecule has 0 bridgehead atoms. The summed E-state index contributed by atoms with van der Waals surface area (Å²) in [6.45, 7) is 8.23. The molecular weight excluding hydrogens is 375 g/mol. The van der Waals surface area contributed by atoms with Crippen LogP contribution in [0.5, 0.6) is 5.75 Å². The van der Waals surface area contributed by atoms with Crippen molar-refractivity contribution in [3.05, 3.63) is 95.3 Å². The summed E-state index contributed by atoms with van der Waals surface area (Å²) in [5, 5.41) is 0. The lowest BCUT2D eigenvalue weighted by Crippen LogP contribution is -2.35. The van der Waals surface area contributed by atoms with Crippen LogP contribution in [0.3, 0.4) is 0 Å². The normalized spacial score (nSPS) is 17.8. The van der Waals surface area contributed by atoms with E-state index in [2.05, 4.69) is 55.1 Å². The van der Waals surface area contributed by atoms with Gasteiger partial charge in [0.15, 0.2) is 0 Å². The third-order valence-corrected chi connectivity index (χ3v) is 5.22. The molecule has 156 valence electrons. The van der Waals surface area contributed by atoms with E-state index < -0.39 is 0 Å². The van der Waals surface area contributed by atoms with Gasteiger partial charge in [-0.2, -0.15) is 0 Å². The number of benzene rings is 3. The smallest absolute Gasteiger partial charge is 0.148 e. The van der Waals surface area contributed by atoms with E-state index in [0.717, 1.165) is 28.3 Å². The maximum atomic E-state index is 13.4. The molecule has 0 saturated carbocycles. The lowest BCUT2D eigenvalue weighted by atomic mass is 10.0. The minimum atomic E-state index is -0.239. The molecule has 0 aliphatic carbocycles. The maximum absolute atomic E-state index is 13.4. The standard InChI is InChI=1S/C24H23FN2O.C2H6/c1-16-4-12-21(13-5-16)27-17(2)23(18-6-10-20(25)11-7-18)26-24(27)19-8-14-22(28-3)15-9-19;1-2/h4-15,17,24H,1-3H3;1-2H3. The van der Waals surface area contributed by atoms with Gasteiger partial charge in [0.2, 0.25) is 0 Å². The molecule has 3 aromatic rings.